The summed E-state index contributed by atoms with van der Waals surface area (Å²) >= 11 is 0. The zero-order valence-corrected chi connectivity index (χ0v) is 14.7. The Morgan fingerprint density at radius 3 is 1.73 bits per heavy atom. The first-order chi connectivity index (χ1) is 10.7. The van der Waals surface area contributed by atoms with Crippen LogP contribution in [0.15, 0.2) is 60.7 Å². The van der Waals surface area contributed by atoms with Gasteiger partial charge in [0.1, 0.15) is 0 Å². The molecule has 1 atom stereocenters. The van der Waals surface area contributed by atoms with Gasteiger partial charge in [0, 0.05) is 5.16 Å². The third kappa shape index (κ3) is 2.52. The van der Waals surface area contributed by atoms with Crippen LogP contribution in [0.2, 0.25) is 0 Å². The lowest BCUT2D eigenvalue weighted by atomic mass is 9.64. The lowest BCUT2D eigenvalue weighted by Crippen LogP contribution is -2.40. The summed E-state index contributed by atoms with van der Waals surface area (Å²) in [5.74, 6) is 0. The Balaban J connectivity index is 2.19. The van der Waals surface area contributed by atoms with E-state index in [1.165, 1.54) is 49.7 Å². The van der Waals surface area contributed by atoms with Crippen LogP contribution < -0.4 is 0 Å². The topological polar surface area (TPSA) is 0 Å². The normalized spacial score (nSPS) is 17.5. The number of hydrogen-bond acceptors (Lipinski definition) is 0. The molecule has 116 valence electrons. The molecule has 1 fully saturated rings. The molecule has 1 aliphatic carbocycles. The molecule has 0 spiro atoms. The highest BCUT2D eigenvalue weighted by atomic mass is 31.0. The fourth-order valence-electron chi connectivity index (χ4n) is 4.55. The van der Waals surface area contributed by atoms with Crippen LogP contribution in [-0.2, 0) is 5.16 Å². The van der Waals surface area contributed by atoms with Gasteiger partial charge in [-0.25, -0.2) is 0 Å². The lowest BCUT2D eigenvalue weighted by molar-refractivity contribution is 0.206. The van der Waals surface area contributed by atoms with Crippen molar-refractivity contribution in [3.05, 3.63) is 71.8 Å². The van der Waals surface area contributed by atoms with E-state index in [1.807, 2.05) is 0 Å². The number of hydrogen-bond donors (Lipinski definition) is 0. The molecule has 0 radical (unpaired) electrons. The molecular formula is C21H27P. The highest BCUT2D eigenvalue weighted by Gasteiger charge is 2.50. The van der Waals surface area contributed by atoms with Gasteiger partial charge in [-0.1, -0.05) is 86.8 Å². The van der Waals surface area contributed by atoms with E-state index in [9.17, 15) is 0 Å². The van der Waals surface area contributed by atoms with Gasteiger partial charge in [0.05, 0.1) is 0 Å². The van der Waals surface area contributed by atoms with Gasteiger partial charge in [0.25, 0.3) is 0 Å². The highest BCUT2D eigenvalue weighted by Crippen LogP contribution is 2.61. The van der Waals surface area contributed by atoms with E-state index in [-0.39, 0.29) is 5.16 Å². The van der Waals surface area contributed by atoms with Crippen molar-refractivity contribution in [2.75, 3.05) is 0 Å². The standard InChI is InChI=1S/C21H27P/c1-2-15-20(16-9-10-17-20)21(22,18-11-5-3-6-12-18)19-13-7-4-8-14-19/h3-8,11-14H,2,9-10,15-17,22H2,1H3. The Morgan fingerprint density at radius 2 is 1.32 bits per heavy atom. The average molecular weight is 310 g/mol. The van der Waals surface area contributed by atoms with Crippen LogP contribution in [0.5, 0.6) is 0 Å². The second-order valence-corrected chi connectivity index (χ2v) is 7.64. The van der Waals surface area contributed by atoms with Gasteiger partial charge in [-0.05, 0) is 35.8 Å². The highest BCUT2D eigenvalue weighted by molar-refractivity contribution is 7.19. The first kappa shape index (κ1) is 15.8. The van der Waals surface area contributed by atoms with Gasteiger partial charge >= 0.3 is 0 Å². The van der Waals surface area contributed by atoms with E-state index < -0.39 is 0 Å². The van der Waals surface area contributed by atoms with Crippen LogP contribution in [0.3, 0.4) is 0 Å². The molecule has 0 aromatic heterocycles. The van der Waals surface area contributed by atoms with Gasteiger partial charge in [0.2, 0.25) is 0 Å². The molecule has 0 N–H and O–H groups in total. The molecule has 22 heavy (non-hydrogen) atoms. The molecule has 0 heterocycles. The van der Waals surface area contributed by atoms with Crippen molar-refractivity contribution in [2.45, 2.75) is 50.6 Å². The summed E-state index contributed by atoms with van der Waals surface area (Å²) in [5.41, 5.74) is 3.26. The molecule has 3 rings (SSSR count). The molecular weight excluding hydrogens is 283 g/mol. The molecule has 1 unspecified atom stereocenters. The molecule has 2 aromatic rings. The molecule has 0 nitrogen and oxygen atoms in total. The van der Waals surface area contributed by atoms with Crippen molar-refractivity contribution >= 4 is 9.24 Å². The van der Waals surface area contributed by atoms with Crippen molar-refractivity contribution in [1.29, 1.82) is 0 Å². The minimum absolute atomic E-state index is 0.0298. The van der Waals surface area contributed by atoms with Gasteiger partial charge in [-0.2, -0.15) is 0 Å². The van der Waals surface area contributed by atoms with E-state index >= 15 is 0 Å². The van der Waals surface area contributed by atoms with Gasteiger partial charge in [0.15, 0.2) is 0 Å². The SMILES string of the molecule is CCCC1(C(P)(c2ccccc2)c2ccccc2)CCCC1. The Labute approximate surface area is 137 Å². The summed E-state index contributed by atoms with van der Waals surface area (Å²) in [6.45, 7) is 2.33. The monoisotopic (exact) mass is 310 g/mol. The third-order valence-corrected chi connectivity index (χ3v) is 6.86. The van der Waals surface area contributed by atoms with Crippen molar-refractivity contribution in [3.8, 4) is 0 Å². The van der Waals surface area contributed by atoms with Gasteiger partial charge in [-0.3, -0.25) is 0 Å². The lowest BCUT2D eigenvalue weighted by Gasteiger charge is -2.48. The third-order valence-electron chi connectivity index (χ3n) is 5.58. The number of benzene rings is 2. The molecule has 0 aliphatic heterocycles. The Bertz CT molecular complexity index is 542. The van der Waals surface area contributed by atoms with E-state index in [0.717, 1.165) is 0 Å². The van der Waals surface area contributed by atoms with Crippen LogP contribution >= 0.6 is 9.24 Å². The zero-order valence-electron chi connectivity index (χ0n) is 13.6. The molecule has 1 heteroatoms. The maximum atomic E-state index is 3.29. The summed E-state index contributed by atoms with van der Waals surface area (Å²) in [4.78, 5) is 0. The van der Waals surface area contributed by atoms with Crippen molar-refractivity contribution in [2.24, 2.45) is 5.41 Å². The van der Waals surface area contributed by atoms with E-state index in [0.29, 0.717) is 5.41 Å². The van der Waals surface area contributed by atoms with E-state index in [4.69, 9.17) is 0 Å². The number of rotatable bonds is 5. The van der Waals surface area contributed by atoms with Crippen molar-refractivity contribution in [3.63, 3.8) is 0 Å². The minimum Gasteiger partial charge on any atom is -0.121 e. The first-order valence-corrected chi connectivity index (χ1v) is 9.21. The Hall–Kier alpha value is -1.13. The van der Waals surface area contributed by atoms with Gasteiger partial charge in [-0.15, -0.1) is 9.24 Å². The molecule has 1 saturated carbocycles. The van der Waals surface area contributed by atoms with Crippen molar-refractivity contribution in [1.82, 2.24) is 0 Å². The quantitative estimate of drug-likeness (QED) is 0.580. The maximum Gasteiger partial charge on any atom is 0.0400 e. The van der Waals surface area contributed by atoms with Crippen LogP contribution in [-0.4, -0.2) is 0 Å². The fraction of sp³-hybridized carbons (Fsp3) is 0.429. The van der Waals surface area contributed by atoms with E-state index in [1.54, 1.807) is 0 Å². The first-order valence-electron chi connectivity index (χ1n) is 8.63. The molecule has 0 bridgehead atoms. The second kappa shape index (κ2) is 6.55. The zero-order chi connectivity index (χ0) is 15.5. The Morgan fingerprint density at radius 1 is 0.864 bits per heavy atom. The van der Waals surface area contributed by atoms with Gasteiger partial charge < -0.3 is 0 Å². The maximum absolute atomic E-state index is 3.29. The predicted octanol–water partition coefficient (Wildman–Crippen LogP) is 6.17. The smallest absolute Gasteiger partial charge is 0.0400 e. The molecule has 0 saturated heterocycles. The van der Waals surface area contributed by atoms with E-state index in [2.05, 4.69) is 76.8 Å². The summed E-state index contributed by atoms with van der Waals surface area (Å²) in [6, 6.07) is 22.3. The average Bonchev–Trinajstić information content (AvgIpc) is 3.06. The minimum atomic E-state index is 0.0298. The summed E-state index contributed by atoms with van der Waals surface area (Å²) in [7, 11) is 3.29. The second-order valence-electron chi connectivity index (χ2n) is 6.78. The molecule has 2 aromatic carbocycles. The summed E-state index contributed by atoms with van der Waals surface area (Å²) < 4.78 is 0. The van der Waals surface area contributed by atoms with Crippen LogP contribution in [0.25, 0.3) is 0 Å². The summed E-state index contributed by atoms with van der Waals surface area (Å²) in [5, 5.41) is 0.0298. The molecule has 1 aliphatic rings. The van der Waals surface area contributed by atoms with Crippen LogP contribution in [0, 0.1) is 5.41 Å². The summed E-state index contributed by atoms with van der Waals surface area (Å²) in [6.07, 6.45) is 7.99. The fourth-order valence-corrected chi connectivity index (χ4v) is 5.37. The van der Waals surface area contributed by atoms with Crippen LogP contribution in [0.4, 0.5) is 0 Å². The molecule has 0 amide bonds. The van der Waals surface area contributed by atoms with Crippen LogP contribution in [0.1, 0.15) is 56.6 Å². The predicted molar refractivity (Wildman–Crippen MR) is 99.2 cm³/mol. The van der Waals surface area contributed by atoms with Crippen molar-refractivity contribution < 1.29 is 0 Å². The Kier molecular flexibility index (Phi) is 4.69. The largest absolute Gasteiger partial charge is 0.121 e.